The molecule has 1 rings (SSSR count). The van der Waals surface area contributed by atoms with Crippen LogP contribution in [-0.2, 0) is 9.53 Å². The first kappa shape index (κ1) is 16.1. The summed E-state index contributed by atoms with van der Waals surface area (Å²) in [5, 5.41) is 21.2. The molecule has 0 spiro atoms. The van der Waals surface area contributed by atoms with E-state index in [1.807, 2.05) is 0 Å². The SMILES string of the molecule is O=C(OCCN1CC([N+](=O)[O-])C([N+](=O)[O-])C1)C(F)(F)F. The molecule has 0 amide bonds. The third kappa shape index (κ3) is 4.01. The van der Waals surface area contributed by atoms with Crippen LogP contribution < -0.4 is 0 Å². The fourth-order valence-electron chi connectivity index (χ4n) is 1.79. The minimum absolute atomic E-state index is 0.240. The average Bonchev–Trinajstić information content (AvgIpc) is 2.72. The van der Waals surface area contributed by atoms with E-state index in [-0.39, 0.29) is 19.6 Å². The van der Waals surface area contributed by atoms with Gasteiger partial charge < -0.3 is 4.74 Å². The molecule has 9 nitrogen and oxygen atoms in total. The Bertz CT molecular complexity index is 393. The maximum absolute atomic E-state index is 11.8. The zero-order valence-electron chi connectivity index (χ0n) is 9.91. The highest BCUT2D eigenvalue weighted by molar-refractivity contribution is 5.75. The second-order valence-electron chi connectivity index (χ2n) is 4.10. The van der Waals surface area contributed by atoms with Gasteiger partial charge in [-0.15, -0.1) is 0 Å². The minimum atomic E-state index is -5.11. The number of ether oxygens (including phenoxy) is 1. The lowest BCUT2D eigenvalue weighted by molar-refractivity contribution is -0.606. The van der Waals surface area contributed by atoms with Crippen LogP contribution in [0, 0.1) is 20.2 Å². The van der Waals surface area contributed by atoms with Gasteiger partial charge in [0.1, 0.15) is 6.61 Å². The number of halogens is 3. The van der Waals surface area contributed by atoms with Gasteiger partial charge in [0, 0.05) is 16.4 Å². The van der Waals surface area contributed by atoms with Crippen molar-refractivity contribution < 1.29 is 32.5 Å². The summed E-state index contributed by atoms with van der Waals surface area (Å²) in [4.78, 5) is 31.3. The molecule has 0 radical (unpaired) electrons. The summed E-state index contributed by atoms with van der Waals surface area (Å²) < 4.78 is 39.4. The van der Waals surface area contributed by atoms with Crippen molar-refractivity contribution in [1.82, 2.24) is 4.90 Å². The van der Waals surface area contributed by atoms with Gasteiger partial charge >= 0.3 is 12.1 Å². The van der Waals surface area contributed by atoms with Crippen LogP contribution in [0.15, 0.2) is 0 Å². The standard InChI is InChI=1S/C8H10F3N3O6/c9-8(10,11)7(15)20-2-1-12-3-5(13(16)17)6(4-12)14(18)19/h5-6H,1-4H2. The summed E-state index contributed by atoms with van der Waals surface area (Å²) in [6, 6.07) is -2.85. The molecule has 0 bridgehead atoms. The van der Waals surface area contributed by atoms with Gasteiger partial charge in [-0.1, -0.05) is 0 Å². The first-order chi connectivity index (χ1) is 9.12. The molecule has 1 aliphatic heterocycles. The number of carbonyl (C=O) groups is 1. The molecule has 0 aliphatic carbocycles. The topological polar surface area (TPSA) is 116 Å². The lowest BCUT2D eigenvalue weighted by Gasteiger charge is -2.13. The summed E-state index contributed by atoms with van der Waals surface area (Å²) >= 11 is 0. The lowest BCUT2D eigenvalue weighted by Crippen LogP contribution is -2.37. The molecular weight excluding hydrogens is 291 g/mol. The highest BCUT2D eigenvalue weighted by atomic mass is 19.4. The molecule has 0 aromatic heterocycles. The van der Waals surface area contributed by atoms with Gasteiger partial charge in [-0.3, -0.25) is 25.1 Å². The van der Waals surface area contributed by atoms with Crippen LogP contribution >= 0.6 is 0 Å². The van der Waals surface area contributed by atoms with Gasteiger partial charge in [-0.25, -0.2) is 4.79 Å². The summed E-state index contributed by atoms with van der Waals surface area (Å²) in [5.74, 6) is -2.37. The zero-order chi connectivity index (χ0) is 15.5. The Labute approximate surface area is 109 Å². The third-order valence-corrected chi connectivity index (χ3v) is 2.75. The van der Waals surface area contributed by atoms with Crippen molar-refractivity contribution in [3.63, 3.8) is 0 Å². The molecule has 2 unspecified atom stereocenters. The predicted molar refractivity (Wildman–Crippen MR) is 55.0 cm³/mol. The first-order valence-corrected chi connectivity index (χ1v) is 5.36. The number of carbonyl (C=O) groups excluding carboxylic acids is 1. The summed E-state index contributed by atoms with van der Waals surface area (Å²) in [7, 11) is 0. The Balaban J connectivity index is 2.45. The molecular formula is C8H10F3N3O6. The van der Waals surface area contributed by atoms with E-state index in [4.69, 9.17) is 0 Å². The van der Waals surface area contributed by atoms with Gasteiger partial charge in [0.25, 0.3) is 12.1 Å². The van der Waals surface area contributed by atoms with E-state index >= 15 is 0 Å². The van der Waals surface area contributed by atoms with Gasteiger partial charge in [0.2, 0.25) is 0 Å². The predicted octanol–water partition coefficient (Wildman–Crippen LogP) is -0.302. The molecule has 0 aromatic carbocycles. The maximum Gasteiger partial charge on any atom is 0.490 e. The minimum Gasteiger partial charge on any atom is -0.458 e. The Morgan fingerprint density at radius 3 is 2.00 bits per heavy atom. The second kappa shape index (κ2) is 5.98. The van der Waals surface area contributed by atoms with Gasteiger partial charge in [0.05, 0.1) is 13.1 Å². The number of nitro groups is 2. The molecule has 1 saturated heterocycles. The molecule has 0 saturated carbocycles. The van der Waals surface area contributed by atoms with Gasteiger partial charge in [-0.2, -0.15) is 13.2 Å². The fourth-order valence-corrected chi connectivity index (χ4v) is 1.79. The molecule has 20 heavy (non-hydrogen) atoms. The second-order valence-corrected chi connectivity index (χ2v) is 4.10. The smallest absolute Gasteiger partial charge is 0.458 e. The highest BCUT2D eigenvalue weighted by Gasteiger charge is 2.49. The van der Waals surface area contributed by atoms with E-state index in [1.54, 1.807) is 0 Å². The molecule has 1 heterocycles. The number of esters is 1. The number of rotatable bonds is 5. The van der Waals surface area contributed by atoms with Crippen LogP contribution in [-0.4, -0.2) is 65.2 Å². The van der Waals surface area contributed by atoms with Crippen molar-refractivity contribution in [2.45, 2.75) is 18.3 Å². The van der Waals surface area contributed by atoms with Crippen LogP contribution in [0.4, 0.5) is 13.2 Å². The van der Waals surface area contributed by atoms with Crippen LogP contribution in [0.1, 0.15) is 0 Å². The van der Waals surface area contributed by atoms with Crippen molar-refractivity contribution in [2.24, 2.45) is 0 Å². The first-order valence-electron chi connectivity index (χ1n) is 5.36. The highest BCUT2D eigenvalue weighted by Crippen LogP contribution is 2.17. The quantitative estimate of drug-likeness (QED) is 0.389. The zero-order valence-corrected chi connectivity index (χ0v) is 9.91. The van der Waals surface area contributed by atoms with Crippen molar-refractivity contribution >= 4 is 5.97 Å². The van der Waals surface area contributed by atoms with E-state index in [0.717, 1.165) is 0 Å². The molecule has 12 heteroatoms. The molecule has 114 valence electrons. The van der Waals surface area contributed by atoms with Crippen molar-refractivity contribution in [1.29, 1.82) is 0 Å². The van der Waals surface area contributed by atoms with Crippen LogP contribution in [0.2, 0.25) is 0 Å². The lowest BCUT2D eigenvalue weighted by atomic mass is 10.2. The molecule has 0 aromatic rings. The number of alkyl halides is 3. The molecule has 2 atom stereocenters. The van der Waals surface area contributed by atoms with Crippen LogP contribution in [0.5, 0.6) is 0 Å². The Morgan fingerprint density at radius 2 is 1.65 bits per heavy atom. The fraction of sp³-hybridized carbons (Fsp3) is 0.875. The maximum atomic E-state index is 11.8. The van der Waals surface area contributed by atoms with Crippen LogP contribution in [0.3, 0.4) is 0 Å². The van der Waals surface area contributed by atoms with Crippen molar-refractivity contribution in [2.75, 3.05) is 26.2 Å². The monoisotopic (exact) mass is 301 g/mol. The van der Waals surface area contributed by atoms with E-state index in [1.165, 1.54) is 4.90 Å². The Morgan fingerprint density at radius 1 is 1.20 bits per heavy atom. The van der Waals surface area contributed by atoms with E-state index in [9.17, 15) is 38.2 Å². The van der Waals surface area contributed by atoms with Crippen LogP contribution in [0.25, 0.3) is 0 Å². The molecule has 1 aliphatic rings. The van der Waals surface area contributed by atoms with Crippen molar-refractivity contribution in [3.8, 4) is 0 Å². The van der Waals surface area contributed by atoms with Crippen molar-refractivity contribution in [3.05, 3.63) is 20.2 Å². The van der Waals surface area contributed by atoms with E-state index in [2.05, 4.69) is 4.74 Å². The average molecular weight is 301 g/mol. The summed E-state index contributed by atoms with van der Waals surface area (Å²) in [6.07, 6.45) is -5.11. The number of hydrogen-bond acceptors (Lipinski definition) is 7. The van der Waals surface area contributed by atoms with Gasteiger partial charge in [0.15, 0.2) is 0 Å². The summed E-state index contributed by atoms with van der Waals surface area (Å²) in [5.41, 5.74) is 0. The van der Waals surface area contributed by atoms with Gasteiger partial charge in [-0.05, 0) is 0 Å². The molecule has 0 N–H and O–H groups in total. The normalized spacial score (nSPS) is 23.6. The van der Waals surface area contributed by atoms with E-state index in [0.29, 0.717) is 0 Å². The Hall–Kier alpha value is -1.98. The van der Waals surface area contributed by atoms with E-state index < -0.39 is 40.7 Å². The Kier molecular flexibility index (Phi) is 4.81. The largest absolute Gasteiger partial charge is 0.490 e. The molecule has 1 fully saturated rings. The summed E-state index contributed by atoms with van der Waals surface area (Å²) in [6.45, 7) is -1.44. The third-order valence-electron chi connectivity index (χ3n) is 2.75. The number of likely N-dealkylation sites (tertiary alicyclic amines) is 1. The number of hydrogen-bond donors (Lipinski definition) is 0. The number of nitrogens with zero attached hydrogens (tertiary/aromatic N) is 3.